The molecule has 5 heteroatoms. The Balaban J connectivity index is 2.23. The zero-order chi connectivity index (χ0) is 11.8. The molecule has 5 nitrogen and oxygen atoms in total. The van der Waals surface area contributed by atoms with Gasteiger partial charge in [0.2, 0.25) is 0 Å². The summed E-state index contributed by atoms with van der Waals surface area (Å²) in [4.78, 5) is 4.14. The molecule has 0 aromatic carbocycles. The van der Waals surface area contributed by atoms with E-state index in [1.807, 2.05) is 24.1 Å². The van der Waals surface area contributed by atoms with Crippen LogP contribution in [0.2, 0.25) is 0 Å². The summed E-state index contributed by atoms with van der Waals surface area (Å²) in [6.45, 7) is 3.96. The van der Waals surface area contributed by atoms with Crippen molar-refractivity contribution in [3.05, 3.63) is 18.0 Å². The highest BCUT2D eigenvalue weighted by atomic mass is 15.2. The number of rotatable bonds is 5. The third kappa shape index (κ3) is 4.33. The molecule has 90 valence electrons. The van der Waals surface area contributed by atoms with Crippen LogP contribution < -0.4 is 10.6 Å². The van der Waals surface area contributed by atoms with Crippen LogP contribution in [0.15, 0.2) is 17.4 Å². The van der Waals surface area contributed by atoms with Crippen molar-refractivity contribution in [2.24, 2.45) is 12.0 Å². The first-order valence-corrected chi connectivity index (χ1v) is 5.68. The lowest BCUT2D eigenvalue weighted by molar-refractivity contribution is 0.762. The summed E-state index contributed by atoms with van der Waals surface area (Å²) in [6, 6.07) is 0. The van der Waals surface area contributed by atoms with Gasteiger partial charge >= 0.3 is 0 Å². The predicted molar refractivity (Wildman–Crippen MR) is 66.6 cm³/mol. The molecule has 0 unspecified atom stereocenters. The Morgan fingerprint density at radius 1 is 1.44 bits per heavy atom. The van der Waals surface area contributed by atoms with Crippen molar-refractivity contribution >= 4 is 5.96 Å². The van der Waals surface area contributed by atoms with E-state index in [-0.39, 0.29) is 0 Å². The van der Waals surface area contributed by atoms with Crippen LogP contribution in [0.3, 0.4) is 0 Å². The minimum absolute atomic E-state index is 0.866. The lowest BCUT2D eigenvalue weighted by Crippen LogP contribution is -2.38. The third-order valence-electron chi connectivity index (χ3n) is 2.23. The highest BCUT2D eigenvalue weighted by Crippen LogP contribution is 1.95. The van der Waals surface area contributed by atoms with E-state index >= 15 is 0 Å². The van der Waals surface area contributed by atoms with Crippen molar-refractivity contribution in [1.82, 2.24) is 20.4 Å². The first-order valence-electron chi connectivity index (χ1n) is 5.68. The number of aryl methyl sites for hydroxylation is 1. The Hall–Kier alpha value is -1.52. The molecule has 0 aliphatic rings. The summed E-state index contributed by atoms with van der Waals surface area (Å²) in [7, 11) is 3.72. The van der Waals surface area contributed by atoms with Crippen molar-refractivity contribution in [3.63, 3.8) is 0 Å². The van der Waals surface area contributed by atoms with Gasteiger partial charge in [-0.1, -0.05) is 6.92 Å². The number of aliphatic imine (C=N–C) groups is 1. The van der Waals surface area contributed by atoms with Crippen molar-refractivity contribution < 1.29 is 0 Å². The van der Waals surface area contributed by atoms with E-state index in [4.69, 9.17) is 0 Å². The number of hydrogen-bond donors (Lipinski definition) is 2. The molecule has 1 heterocycles. The first-order chi connectivity index (χ1) is 7.76. The van der Waals surface area contributed by atoms with E-state index in [0.717, 1.165) is 31.9 Å². The Morgan fingerprint density at radius 2 is 2.19 bits per heavy atom. The smallest absolute Gasteiger partial charge is 0.190 e. The number of nitrogens with one attached hydrogen (secondary N) is 2. The van der Waals surface area contributed by atoms with Crippen molar-refractivity contribution in [2.75, 3.05) is 20.1 Å². The van der Waals surface area contributed by atoms with Gasteiger partial charge < -0.3 is 10.6 Å². The second kappa shape index (κ2) is 6.87. The van der Waals surface area contributed by atoms with Crippen molar-refractivity contribution in [1.29, 1.82) is 0 Å². The van der Waals surface area contributed by atoms with Crippen LogP contribution in [-0.2, 0) is 13.5 Å². The van der Waals surface area contributed by atoms with Crippen LogP contribution >= 0.6 is 0 Å². The molecule has 0 saturated heterocycles. The summed E-state index contributed by atoms with van der Waals surface area (Å²) in [6.07, 6.45) is 5.98. The van der Waals surface area contributed by atoms with E-state index in [9.17, 15) is 0 Å². The Labute approximate surface area is 97.0 Å². The molecule has 1 rings (SSSR count). The van der Waals surface area contributed by atoms with Gasteiger partial charge in [0.05, 0.1) is 6.20 Å². The topological polar surface area (TPSA) is 54.2 Å². The largest absolute Gasteiger partial charge is 0.356 e. The lowest BCUT2D eigenvalue weighted by Gasteiger charge is -2.10. The van der Waals surface area contributed by atoms with Crippen LogP contribution in [0.4, 0.5) is 0 Å². The van der Waals surface area contributed by atoms with Gasteiger partial charge in [0, 0.05) is 33.4 Å². The van der Waals surface area contributed by atoms with Crippen LogP contribution in [-0.4, -0.2) is 35.9 Å². The molecule has 0 bridgehead atoms. The fourth-order valence-corrected chi connectivity index (χ4v) is 1.39. The van der Waals surface area contributed by atoms with E-state index < -0.39 is 0 Å². The normalized spacial score (nSPS) is 11.6. The van der Waals surface area contributed by atoms with Gasteiger partial charge in [-0.25, -0.2) is 0 Å². The van der Waals surface area contributed by atoms with Gasteiger partial charge in [0.1, 0.15) is 0 Å². The van der Waals surface area contributed by atoms with Crippen LogP contribution in [0.5, 0.6) is 0 Å². The van der Waals surface area contributed by atoms with E-state index in [0.29, 0.717) is 0 Å². The molecular weight excluding hydrogens is 202 g/mol. The monoisotopic (exact) mass is 223 g/mol. The average Bonchev–Trinajstić information content (AvgIpc) is 2.69. The van der Waals surface area contributed by atoms with Gasteiger partial charge in [-0.2, -0.15) is 5.10 Å². The highest BCUT2D eigenvalue weighted by molar-refractivity contribution is 5.79. The molecule has 0 amide bonds. The van der Waals surface area contributed by atoms with Crippen molar-refractivity contribution in [2.45, 2.75) is 19.8 Å². The van der Waals surface area contributed by atoms with Gasteiger partial charge in [0.15, 0.2) is 5.96 Å². The summed E-state index contributed by atoms with van der Waals surface area (Å²) in [5.41, 5.74) is 1.24. The second-order valence-electron chi connectivity index (χ2n) is 3.70. The Bertz CT molecular complexity index is 329. The molecule has 16 heavy (non-hydrogen) atoms. The average molecular weight is 223 g/mol. The molecule has 2 N–H and O–H groups in total. The minimum atomic E-state index is 0.866. The van der Waals surface area contributed by atoms with Crippen molar-refractivity contribution in [3.8, 4) is 0 Å². The molecule has 0 saturated carbocycles. The zero-order valence-corrected chi connectivity index (χ0v) is 10.3. The molecule has 1 aromatic rings. The molecule has 1 aromatic heterocycles. The minimum Gasteiger partial charge on any atom is -0.356 e. The molecular formula is C11H21N5. The van der Waals surface area contributed by atoms with Gasteiger partial charge in [-0.15, -0.1) is 0 Å². The molecule has 0 atom stereocenters. The molecule has 0 aliphatic heterocycles. The van der Waals surface area contributed by atoms with Gasteiger partial charge in [0.25, 0.3) is 0 Å². The maximum absolute atomic E-state index is 4.14. The maximum atomic E-state index is 4.14. The fourth-order valence-electron chi connectivity index (χ4n) is 1.39. The molecule has 0 radical (unpaired) electrons. The van der Waals surface area contributed by atoms with Gasteiger partial charge in [-0.3, -0.25) is 9.67 Å². The second-order valence-corrected chi connectivity index (χ2v) is 3.70. The summed E-state index contributed by atoms with van der Waals surface area (Å²) in [5.74, 6) is 0.866. The van der Waals surface area contributed by atoms with E-state index in [1.54, 1.807) is 7.05 Å². The van der Waals surface area contributed by atoms with E-state index in [2.05, 4.69) is 27.6 Å². The third-order valence-corrected chi connectivity index (χ3v) is 2.23. The first kappa shape index (κ1) is 12.5. The summed E-state index contributed by atoms with van der Waals surface area (Å²) < 4.78 is 1.82. The summed E-state index contributed by atoms with van der Waals surface area (Å²) in [5, 5.41) is 10.6. The number of guanidine groups is 1. The molecule has 0 aliphatic carbocycles. The van der Waals surface area contributed by atoms with Crippen LogP contribution in [0.1, 0.15) is 18.9 Å². The number of aromatic nitrogens is 2. The van der Waals surface area contributed by atoms with E-state index in [1.165, 1.54) is 5.56 Å². The predicted octanol–water partition coefficient (Wildman–Crippen LogP) is 0.538. The molecule has 0 spiro atoms. The Kier molecular flexibility index (Phi) is 5.39. The van der Waals surface area contributed by atoms with Crippen LogP contribution in [0.25, 0.3) is 0 Å². The fraction of sp³-hybridized carbons (Fsp3) is 0.636. The van der Waals surface area contributed by atoms with Crippen LogP contribution in [0, 0.1) is 0 Å². The molecule has 0 fully saturated rings. The highest BCUT2D eigenvalue weighted by Gasteiger charge is 1.98. The maximum Gasteiger partial charge on any atom is 0.190 e. The number of nitrogens with zero attached hydrogens (tertiary/aromatic N) is 3. The SMILES string of the molecule is CCCNC(=NC)NCCc1cnn(C)c1. The van der Waals surface area contributed by atoms with Gasteiger partial charge in [-0.05, 0) is 18.4 Å². The number of hydrogen-bond acceptors (Lipinski definition) is 2. The zero-order valence-electron chi connectivity index (χ0n) is 10.3. The standard InChI is InChI=1S/C11H21N5/c1-4-6-13-11(12-2)14-7-5-10-8-15-16(3)9-10/h8-9H,4-7H2,1-3H3,(H2,12,13,14). The lowest BCUT2D eigenvalue weighted by atomic mass is 10.2. The summed E-state index contributed by atoms with van der Waals surface area (Å²) >= 11 is 0. The quantitative estimate of drug-likeness (QED) is 0.566. The Morgan fingerprint density at radius 3 is 2.75 bits per heavy atom.